The Morgan fingerprint density at radius 2 is 2.11 bits per heavy atom. The van der Waals surface area contributed by atoms with E-state index in [0.717, 1.165) is 25.1 Å². The molecule has 2 N–H and O–H groups in total. The molecule has 0 aliphatic rings. The van der Waals surface area contributed by atoms with Crippen molar-refractivity contribution in [1.82, 2.24) is 4.57 Å². The largest absolute Gasteiger partial charge is 0.494 e. The van der Waals surface area contributed by atoms with Gasteiger partial charge >= 0.3 is 0 Å². The van der Waals surface area contributed by atoms with E-state index < -0.39 is 0 Å². The Morgan fingerprint density at radius 3 is 2.74 bits per heavy atom. The Morgan fingerprint density at radius 1 is 1.32 bits per heavy atom. The van der Waals surface area contributed by atoms with E-state index in [9.17, 15) is 0 Å². The average molecular weight is 260 g/mol. The summed E-state index contributed by atoms with van der Waals surface area (Å²) >= 11 is 0. The van der Waals surface area contributed by atoms with Crippen LogP contribution in [-0.4, -0.2) is 17.2 Å². The first kappa shape index (κ1) is 13.9. The zero-order valence-corrected chi connectivity index (χ0v) is 12.1. The maximum Gasteiger partial charge on any atom is 0.121 e. The molecule has 0 bridgehead atoms. The number of aromatic nitrogens is 1. The maximum absolute atomic E-state index is 5.94. The van der Waals surface area contributed by atoms with Crippen molar-refractivity contribution in [2.45, 2.75) is 46.2 Å². The number of ether oxygens (including phenoxy) is 1. The highest BCUT2D eigenvalue weighted by atomic mass is 16.5. The van der Waals surface area contributed by atoms with Gasteiger partial charge in [0, 0.05) is 30.2 Å². The van der Waals surface area contributed by atoms with Crippen molar-refractivity contribution in [3.05, 3.63) is 30.0 Å². The van der Waals surface area contributed by atoms with Gasteiger partial charge in [0.25, 0.3) is 0 Å². The van der Waals surface area contributed by atoms with Gasteiger partial charge in [-0.1, -0.05) is 6.92 Å². The highest BCUT2D eigenvalue weighted by Gasteiger charge is 2.10. The fraction of sp³-hybridized carbons (Fsp3) is 0.500. The normalized spacial score (nSPS) is 12.8. The number of fused-ring (bicyclic) bond motifs is 1. The van der Waals surface area contributed by atoms with Crippen LogP contribution in [0.2, 0.25) is 0 Å². The van der Waals surface area contributed by atoms with E-state index in [1.165, 1.54) is 16.5 Å². The van der Waals surface area contributed by atoms with Crippen LogP contribution in [0.15, 0.2) is 24.4 Å². The van der Waals surface area contributed by atoms with Crippen LogP contribution >= 0.6 is 0 Å². The molecule has 0 amide bonds. The molecule has 2 aromatic rings. The fourth-order valence-electron chi connectivity index (χ4n) is 2.54. The second-order valence-corrected chi connectivity index (χ2v) is 5.14. The van der Waals surface area contributed by atoms with E-state index in [1.807, 2.05) is 13.0 Å². The molecule has 104 valence electrons. The number of nitrogens with two attached hydrogens (primary N) is 1. The van der Waals surface area contributed by atoms with E-state index in [-0.39, 0.29) is 6.04 Å². The van der Waals surface area contributed by atoms with Crippen LogP contribution in [0, 0.1) is 0 Å². The molecular formula is C16H24N2O. The van der Waals surface area contributed by atoms with Crippen LogP contribution in [0.25, 0.3) is 10.9 Å². The Bertz CT molecular complexity index is 543. The lowest BCUT2D eigenvalue weighted by Gasteiger charge is -2.06. The van der Waals surface area contributed by atoms with Crippen LogP contribution in [-0.2, 0) is 13.0 Å². The van der Waals surface area contributed by atoms with Gasteiger partial charge in [0.2, 0.25) is 0 Å². The van der Waals surface area contributed by atoms with Crippen molar-refractivity contribution < 1.29 is 4.74 Å². The van der Waals surface area contributed by atoms with Crippen molar-refractivity contribution >= 4 is 10.9 Å². The zero-order chi connectivity index (χ0) is 13.8. The maximum atomic E-state index is 5.94. The molecule has 0 aliphatic carbocycles. The second kappa shape index (κ2) is 6.11. The monoisotopic (exact) mass is 260 g/mol. The third-order valence-electron chi connectivity index (χ3n) is 3.25. The molecule has 0 radical (unpaired) electrons. The smallest absolute Gasteiger partial charge is 0.121 e. The number of benzene rings is 1. The molecule has 2 rings (SSSR count). The van der Waals surface area contributed by atoms with Gasteiger partial charge in [-0.2, -0.15) is 0 Å². The average Bonchev–Trinajstić information content (AvgIpc) is 2.68. The van der Waals surface area contributed by atoms with Crippen molar-refractivity contribution in [2.75, 3.05) is 6.61 Å². The summed E-state index contributed by atoms with van der Waals surface area (Å²) in [5.74, 6) is 0.942. The van der Waals surface area contributed by atoms with Crippen molar-refractivity contribution in [1.29, 1.82) is 0 Å². The Balaban J connectivity index is 2.47. The summed E-state index contributed by atoms with van der Waals surface area (Å²) in [6.07, 6.45) is 4.29. The molecule has 0 saturated heterocycles. The predicted octanol–water partition coefficient (Wildman–Crippen LogP) is 3.34. The number of nitrogens with zero attached hydrogens (tertiary/aromatic N) is 1. The summed E-state index contributed by atoms with van der Waals surface area (Å²) in [6, 6.07) is 6.53. The first-order chi connectivity index (χ1) is 9.15. The molecule has 0 spiro atoms. The van der Waals surface area contributed by atoms with Gasteiger partial charge in [-0.05, 0) is 44.4 Å². The van der Waals surface area contributed by atoms with Crippen LogP contribution in [0.4, 0.5) is 0 Å². The summed E-state index contributed by atoms with van der Waals surface area (Å²) in [5, 5.41) is 1.30. The third kappa shape index (κ3) is 3.10. The van der Waals surface area contributed by atoms with Gasteiger partial charge in [-0.3, -0.25) is 0 Å². The Kier molecular flexibility index (Phi) is 4.48. The first-order valence-corrected chi connectivity index (χ1v) is 7.15. The van der Waals surface area contributed by atoms with Gasteiger partial charge in [0.05, 0.1) is 12.1 Å². The van der Waals surface area contributed by atoms with Gasteiger partial charge in [-0.15, -0.1) is 0 Å². The van der Waals surface area contributed by atoms with E-state index >= 15 is 0 Å². The van der Waals surface area contributed by atoms with Crippen molar-refractivity contribution in [3.63, 3.8) is 0 Å². The fourth-order valence-corrected chi connectivity index (χ4v) is 2.54. The Labute approximate surface area is 115 Å². The van der Waals surface area contributed by atoms with Gasteiger partial charge in [0.15, 0.2) is 0 Å². The summed E-state index contributed by atoms with van der Waals surface area (Å²) in [4.78, 5) is 0. The topological polar surface area (TPSA) is 40.2 Å². The van der Waals surface area contributed by atoms with Crippen molar-refractivity contribution in [2.24, 2.45) is 5.73 Å². The standard InChI is InChI=1S/C16H24N2O/c1-4-8-18-11-13(9-12(3)17)15-7-6-14(19-5-2)10-16(15)18/h6-7,10-12H,4-5,8-9,17H2,1-3H3/t12-/m1/s1. The minimum atomic E-state index is 0.187. The molecular weight excluding hydrogens is 236 g/mol. The van der Waals surface area contributed by atoms with Crippen molar-refractivity contribution in [3.8, 4) is 5.75 Å². The molecule has 1 aromatic carbocycles. The van der Waals surface area contributed by atoms with Crippen LogP contribution in [0.5, 0.6) is 5.75 Å². The van der Waals surface area contributed by atoms with Crippen LogP contribution in [0.3, 0.4) is 0 Å². The molecule has 19 heavy (non-hydrogen) atoms. The molecule has 3 heteroatoms. The molecule has 3 nitrogen and oxygen atoms in total. The summed E-state index contributed by atoms with van der Waals surface area (Å²) < 4.78 is 7.91. The lowest BCUT2D eigenvalue weighted by molar-refractivity contribution is 0.340. The number of hydrogen-bond acceptors (Lipinski definition) is 2. The highest BCUT2D eigenvalue weighted by molar-refractivity contribution is 5.85. The molecule has 1 heterocycles. The predicted molar refractivity (Wildman–Crippen MR) is 80.8 cm³/mol. The molecule has 0 saturated carbocycles. The van der Waals surface area contributed by atoms with E-state index in [4.69, 9.17) is 10.5 Å². The van der Waals surface area contributed by atoms with Crippen LogP contribution < -0.4 is 10.5 Å². The van der Waals surface area contributed by atoms with E-state index in [0.29, 0.717) is 6.61 Å². The minimum absolute atomic E-state index is 0.187. The Hall–Kier alpha value is -1.48. The SMILES string of the molecule is CCCn1cc(C[C@@H](C)N)c2ccc(OCC)cc21. The minimum Gasteiger partial charge on any atom is -0.494 e. The molecule has 1 aromatic heterocycles. The van der Waals surface area contributed by atoms with E-state index in [2.05, 4.69) is 36.7 Å². The molecule has 0 aliphatic heterocycles. The number of rotatable bonds is 6. The summed E-state index contributed by atoms with van der Waals surface area (Å²) in [6.45, 7) is 8.00. The highest BCUT2D eigenvalue weighted by Crippen LogP contribution is 2.27. The third-order valence-corrected chi connectivity index (χ3v) is 3.25. The molecule has 1 atom stereocenters. The summed E-state index contributed by atoms with van der Waals surface area (Å²) in [7, 11) is 0. The second-order valence-electron chi connectivity index (χ2n) is 5.14. The summed E-state index contributed by atoms with van der Waals surface area (Å²) in [5.41, 5.74) is 8.53. The van der Waals surface area contributed by atoms with Gasteiger partial charge in [-0.25, -0.2) is 0 Å². The van der Waals surface area contributed by atoms with E-state index in [1.54, 1.807) is 0 Å². The van der Waals surface area contributed by atoms with Gasteiger partial charge in [0.1, 0.15) is 5.75 Å². The lowest BCUT2D eigenvalue weighted by Crippen LogP contribution is -2.17. The molecule has 0 unspecified atom stereocenters. The molecule has 0 fully saturated rings. The number of hydrogen-bond donors (Lipinski definition) is 1. The number of aryl methyl sites for hydroxylation is 1. The quantitative estimate of drug-likeness (QED) is 0.865. The van der Waals surface area contributed by atoms with Gasteiger partial charge < -0.3 is 15.0 Å². The lowest BCUT2D eigenvalue weighted by atomic mass is 10.1. The van der Waals surface area contributed by atoms with Crippen LogP contribution in [0.1, 0.15) is 32.8 Å². The zero-order valence-electron chi connectivity index (χ0n) is 12.1. The first-order valence-electron chi connectivity index (χ1n) is 7.15.